The van der Waals surface area contributed by atoms with Crippen molar-refractivity contribution in [3.63, 3.8) is 0 Å². The van der Waals surface area contributed by atoms with E-state index in [1.807, 2.05) is 4.90 Å². The van der Waals surface area contributed by atoms with Crippen molar-refractivity contribution in [1.29, 1.82) is 0 Å². The van der Waals surface area contributed by atoms with Crippen molar-refractivity contribution >= 4 is 17.2 Å². The molecule has 1 aromatic rings. The maximum absolute atomic E-state index is 14.3. The summed E-state index contributed by atoms with van der Waals surface area (Å²) in [5.74, 6) is -0.280. The average molecular weight is 287 g/mol. The van der Waals surface area contributed by atoms with Crippen LogP contribution < -0.4 is 15.5 Å². The molecule has 2 heterocycles. The molecule has 4 nitrogen and oxygen atoms in total. The summed E-state index contributed by atoms with van der Waals surface area (Å²) in [6.45, 7) is 3.30. The van der Waals surface area contributed by atoms with Gasteiger partial charge in [0.1, 0.15) is 5.82 Å². The fourth-order valence-corrected chi connectivity index (χ4v) is 3.08. The van der Waals surface area contributed by atoms with E-state index in [1.165, 1.54) is 11.6 Å². The highest BCUT2D eigenvalue weighted by molar-refractivity contribution is 6.06. The van der Waals surface area contributed by atoms with Gasteiger partial charge in [-0.3, -0.25) is 4.79 Å². The summed E-state index contributed by atoms with van der Waals surface area (Å²) in [4.78, 5) is 14.2. The predicted molar refractivity (Wildman–Crippen MR) is 80.3 cm³/mol. The second-order valence-corrected chi connectivity index (χ2v) is 5.89. The summed E-state index contributed by atoms with van der Waals surface area (Å²) in [5, 5.41) is 6.61. The first-order chi connectivity index (χ1) is 10.2. The van der Waals surface area contributed by atoms with Gasteiger partial charge >= 0.3 is 0 Å². The molecule has 0 unspecified atom stereocenters. The van der Waals surface area contributed by atoms with Gasteiger partial charge in [-0.2, -0.15) is 0 Å². The number of piperazine rings is 1. The monoisotopic (exact) mass is 287 g/mol. The summed E-state index contributed by atoms with van der Waals surface area (Å²) >= 11 is 0. The topological polar surface area (TPSA) is 44.4 Å². The molecule has 1 aliphatic carbocycles. The van der Waals surface area contributed by atoms with E-state index < -0.39 is 0 Å². The number of anilines is 2. The van der Waals surface area contributed by atoms with Crippen LogP contribution in [0, 0.1) is 5.82 Å². The number of Topliss-reactive ketones (excluding diaryl/α,β-unsaturated/α-hetero) is 1. The first-order valence-electron chi connectivity index (χ1n) is 7.53. The molecule has 0 atom stereocenters. The Kier molecular flexibility index (Phi) is 2.96. The molecule has 1 saturated heterocycles. The number of carbonyl (C=O) groups is 1. The van der Waals surface area contributed by atoms with Crippen LogP contribution in [0.1, 0.15) is 29.6 Å². The molecule has 0 radical (unpaired) electrons. The summed E-state index contributed by atoms with van der Waals surface area (Å²) in [6, 6.07) is 3.20. The van der Waals surface area contributed by atoms with Crippen LogP contribution in [0.2, 0.25) is 0 Å². The lowest BCUT2D eigenvalue weighted by atomic mass is 9.98. The second kappa shape index (κ2) is 4.84. The number of allylic oxidation sites excluding steroid dienone is 2. The third-order valence-corrected chi connectivity index (χ3v) is 4.39. The van der Waals surface area contributed by atoms with Crippen molar-refractivity contribution in [2.24, 2.45) is 0 Å². The van der Waals surface area contributed by atoms with Gasteiger partial charge in [0.05, 0.1) is 17.8 Å². The van der Waals surface area contributed by atoms with Crippen molar-refractivity contribution in [1.82, 2.24) is 5.32 Å². The highest BCUT2D eigenvalue weighted by Crippen LogP contribution is 2.39. The minimum Gasteiger partial charge on any atom is -0.367 e. The number of carbonyl (C=O) groups excluding carboxylic acids is 1. The van der Waals surface area contributed by atoms with Crippen LogP contribution in [0.5, 0.6) is 0 Å². The molecule has 4 rings (SSSR count). The first kappa shape index (κ1) is 12.8. The van der Waals surface area contributed by atoms with E-state index in [0.717, 1.165) is 50.4 Å². The molecule has 1 saturated carbocycles. The molecule has 5 heteroatoms. The Hall–Kier alpha value is -1.88. The zero-order chi connectivity index (χ0) is 14.4. The maximum atomic E-state index is 14.3. The van der Waals surface area contributed by atoms with Crippen molar-refractivity contribution in [2.75, 3.05) is 36.4 Å². The Morgan fingerprint density at radius 1 is 1.14 bits per heavy atom. The molecular weight excluding hydrogens is 269 g/mol. The Bertz CT molecular complexity index is 641. The zero-order valence-electron chi connectivity index (χ0n) is 11.8. The Morgan fingerprint density at radius 2 is 1.90 bits per heavy atom. The van der Waals surface area contributed by atoms with Crippen LogP contribution in [0.3, 0.4) is 0 Å². The normalized spacial score (nSPS) is 21.2. The number of benzene rings is 1. The van der Waals surface area contributed by atoms with Crippen LogP contribution in [0.25, 0.3) is 0 Å². The van der Waals surface area contributed by atoms with Crippen LogP contribution in [-0.2, 0) is 0 Å². The van der Waals surface area contributed by atoms with Crippen LogP contribution in [0.4, 0.5) is 15.8 Å². The molecule has 0 bridgehead atoms. The standard InChI is InChI=1S/C16H18FN3O/c17-12-7-11-14(8-15(12)20-5-3-18-4-6-20)19-13(9-16(11)21)10-1-2-10/h7-8,18-19H,1-6,9H2. The number of rotatable bonds is 1. The van der Waals surface area contributed by atoms with Gasteiger partial charge in [0.25, 0.3) is 0 Å². The number of halogens is 1. The van der Waals surface area contributed by atoms with Crippen molar-refractivity contribution in [3.8, 4) is 0 Å². The van der Waals surface area contributed by atoms with Gasteiger partial charge in [0.2, 0.25) is 0 Å². The molecule has 0 spiro atoms. The Morgan fingerprint density at radius 3 is 2.62 bits per heavy atom. The highest BCUT2D eigenvalue weighted by atomic mass is 19.1. The van der Waals surface area contributed by atoms with Gasteiger partial charge in [0.15, 0.2) is 5.78 Å². The number of ketones is 1. The number of nitrogens with one attached hydrogen (secondary N) is 2. The maximum Gasteiger partial charge on any atom is 0.170 e. The molecule has 0 amide bonds. The molecule has 2 fully saturated rings. The average Bonchev–Trinajstić information content (AvgIpc) is 3.33. The SMILES string of the molecule is O=C1CC(=C2CC2)Nc2cc(N3CCNCC3)c(F)cc21. The summed E-state index contributed by atoms with van der Waals surface area (Å²) in [6.07, 6.45) is 2.54. The third kappa shape index (κ3) is 2.31. The van der Waals surface area contributed by atoms with E-state index in [-0.39, 0.29) is 11.6 Å². The first-order valence-corrected chi connectivity index (χ1v) is 7.53. The molecular formula is C16H18FN3O. The number of fused-ring (bicyclic) bond motifs is 1. The van der Waals surface area contributed by atoms with E-state index >= 15 is 0 Å². The van der Waals surface area contributed by atoms with Gasteiger partial charge in [-0.05, 0) is 30.5 Å². The van der Waals surface area contributed by atoms with Crippen LogP contribution in [-0.4, -0.2) is 32.0 Å². The van der Waals surface area contributed by atoms with Crippen LogP contribution in [0.15, 0.2) is 23.4 Å². The fraction of sp³-hybridized carbons (Fsp3) is 0.438. The van der Waals surface area contributed by atoms with Gasteiger partial charge in [-0.25, -0.2) is 4.39 Å². The minimum absolute atomic E-state index is 0.0175. The van der Waals surface area contributed by atoms with Crippen molar-refractivity contribution < 1.29 is 9.18 Å². The van der Waals surface area contributed by atoms with E-state index in [2.05, 4.69) is 10.6 Å². The number of hydrogen-bond acceptors (Lipinski definition) is 4. The smallest absolute Gasteiger partial charge is 0.170 e. The highest BCUT2D eigenvalue weighted by Gasteiger charge is 2.28. The lowest BCUT2D eigenvalue weighted by Crippen LogP contribution is -2.44. The van der Waals surface area contributed by atoms with E-state index in [1.54, 1.807) is 6.07 Å². The van der Waals surface area contributed by atoms with E-state index in [4.69, 9.17) is 0 Å². The molecule has 0 aromatic heterocycles. The molecule has 1 aromatic carbocycles. The zero-order valence-corrected chi connectivity index (χ0v) is 11.8. The van der Waals surface area contributed by atoms with Gasteiger partial charge in [-0.15, -0.1) is 0 Å². The summed E-state index contributed by atoms with van der Waals surface area (Å²) < 4.78 is 14.3. The largest absolute Gasteiger partial charge is 0.367 e. The van der Waals surface area contributed by atoms with Crippen molar-refractivity contribution in [2.45, 2.75) is 19.3 Å². The molecule has 2 aliphatic heterocycles. The third-order valence-electron chi connectivity index (χ3n) is 4.39. The number of hydrogen-bond donors (Lipinski definition) is 2. The van der Waals surface area contributed by atoms with Crippen molar-refractivity contribution in [3.05, 3.63) is 34.8 Å². The minimum atomic E-state index is -0.298. The van der Waals surface area contributed by atoms with Gasteiger partial charge in [0, 0.05) is 37.4 Å². The summed E-state index contributed by atoms with van der Waals surface area (Å²) in [5.41, 5.74) is 4.21. The van der Waals surface area contributed by atoms with Crippen LogP contribution >= 0.6 is 0 Å². The molecule has 2 N–H and O–H groups in total. The lowest BCUT2D eigenvalue weighted by molar-refractivity contribution is 0.0990. The Balaban J connectivity index is 1.73. The lowest BCUT2D eigenvalue weighted by Gasteiger charge is -2.31. The van der Waals surface area contributed by atoms with E-state index in [9.17, 15) is 9.18 Å². The molecule has 110 valence electrons. The molecule has 21 heavy (non-hydrogen) atoms. The molecule has 3 aliphatic rings. The van der Waals surface area contributed by atoms with E-state index in [0.29, 0.717) is 17.7 Å². The summed E-state index contributed by atoms with van der Waals surface area (Å²) in [7, 11) is 0. The predicted octanol–water partition coefficient (Wildman–Crippen LogP) is 2.28. The number of nitrogens with zero attached hydrogens (tertiary/aromatic N) is 1. The second-order valence-electron chi connectivity index (χ2n) is 5.89. The fourth-order valence-electron chi connectivity index (χ4n) is 3.08. The van der Waals surface area contributed by atoms with Gasteiger partial charge < -0.3 is 15.5 Å². The quantitative estimate of drug-likeness (QED) is 0.832. The van der Waals surface area contributed by atoms with Gasteiger partial charge in [-0.1, -0.05) is 0 Å². The Labute approximate surface area is 123 Å².